The summed E-state index contributed by atoms with van der Waals surface area (Å²) < 4.78 is 12.5. The number of hydrogen-bond donors (Lipinski definition) is 2. The summed E-state index contributed by atoms with van der Waals surface area (Å²) in [5.74, 6) is 0.681. The molecule has 57 heavy (non-hydrogen) atoms. The lowest BCUT2D eigenvalue weighted by Crippen LogP contribution is -2.49. The van der Waals surface area contributed by atoms with Crippen LogP contribution in [0.4, 0.5) is 16.2 Å². The Kier molecular flexibility index (Phi) is 9.35. The van der Waals surface area contributed by atoms with Gasteiger partial charge in [0, 0.05) is 84.8 Å². The van der Waals surface area contributed by atoms with E-state index in [1.807, 2.05) is 24.3 Å². The van der Waals surface area contributed by atoms with Crippen LogP contribution in [0.15, 0.2) is 71.9 Å². The quantitative estimate of drug-likeness (QED) is 0.145. The van der Waals surface area contributed by atoms with Gasteiger partial charge in [0.05, 0.1) is 23.2 Å². The van der Waals surface area contributed by atoms with Gasteiger partial charge >= 0.3 is 6.03 Å². The minimum atomic E-state index is -0.351. The van der Waals surface area contributed by atoms with Gasteiger partial charge in [-0.3, -0.25) is 29.3 Å². The number of imide groups is 1. The number of urea groups is 1. The van der Waals surface area contributed by atoms with Gasteiger partial charge in [-0.25, -0.2) is 4.79 Å². The van der Waals surface area contributed by atoms with E-state index in [9.17, 15) is 19.2 Å². The molecule has 0 radical (unpaired) electrons. The van der Waals surface area contributed by atoms with Crippen LogP contribution >= 0.6 is 0 Å². The Labute approximate surface area is 330 Å². The smallest absolute Gasteiger partial charge is 0.328 e. The number of pyridine rings is 1. The van der Waals surface area contributed by atoms with Crippen molar-refractivity contribution in [3.8, 4) is 5.75 Å². The highest BCUT2D eigenvalue weighted by molar-refractivity contribution is 6.08. The van der Waals surface area contributed by atoms with E-state index in [4.69, 9.17) is 9.84 Å². The fourth-order valence-electron chi connectivity index (χ4n) is 9.27. The number of benzene rings is 2. The number of likely N-dealkylation sites (tertiary alicyclic amines) is 1. The van der Waals surface area contributed by atoms with Crippen LogP contribution in [0.5, 0.6) is 5.75 Å². The van der Waals surface area contributed by atoms with Crippen LogP contribution in [-0.4, -0.2) is 73.9 Å². The number of piperidine rings is 1. The average molecular weight is 771 g/mol. The van der Waals surface area contributed by atoms with Crippen LogP contribution in [-0.2, 0) is 4.79 Å². The molecule has 13 heteroatoms. The molecule has 0 unspecified atom stereocenters. The second-order valence-corrected chi connectivity index (χ2v) is 16.9. The number of ether oxygens (including phenoxy) is 1. The number of hydrogen-bond acceptors (Lipinski definition) is 7. The first-order valence-corrected chi connectivity index (χ1v) is 21.0. The van der Waals surface area contributed by atoms with Gasteiger partial charge < -0.3 is 24.1 Å². The highest BCUT2D eigenvalue weighted by atomic mass is 16.5. The Hall–Kier alpha value is -5.43. The highest BCUT2D eigenvalue weighted by Gasteiger charge is 2.30. The van der Waals surface area contributed by atoms with E-state index in [1.165, 1.54) is 24.8 Å². The summed E-state index contributed by atoms with van der Waals surface area (Å²) >= 11 is 0. The standard InChI is InChI=1S/C44H50N8O5/c53-41-17-23-51(44(56)46-41)34-9-12-39-29(24-34)14-22-49(39)32-15-20-48(21-16-32)19-13-28-3-5-33(6-4-28)52-27-30-25-36(40(26-38(30)47-52)57-35-10-11-35)42(54)45-37-2-1-18-50(43(37)55)31-7-8-31/h1-2,9,12,14,18,22,24-28,31-33,35H,3-8,10-11,13,15-17,19-21,23H2,(H,45,54)(H,46,53,56). The number of carbonyl (C=O) groups excluding carboxylic acids is 3. The third-order valence-corrected chi connectivity index (χ3v) is 12.9. The Bertz CT molecular complexity index is 2410. The number of carbonyl (C=O) groups is 3. The van der Waals surface area contributed by atoms with Gasteiger partial charge in [-0.1, -0.05) is 0 Å². The number of nitrogens with one attached hydrogen (secondary N) is 2. The molecule has 2 N–H and O–H groups in total. The second kappa shape index (κ2) is 14.8. The molecule has 2 saturated heterocycles. The zero-order valence-corrected chi connectivity index (χ0v) is 32.3. The van der Waals surface area contributed by atoms with Gasteiger partial charge in [-0.2, -0.15) is 5.10 Å². The lowest BCUT2D eigenvalue weighted by atomic mass is 9.84. The van der Waals surface area contributed by atoms with Crippen molar-refractivity contribution in [3.05, 3.63) is 83.0 Å². The number of anilines is 2. The van der Waals surface area contributed by atoms with Gasteiger partial charge in [0.1, 0.15) is 11.4 Å². The van der Waals surface area contributed by atoms with Crippen LogP contribution < -0.4 is 25.8 Å². The van der Waals surface area contributed by atoms with Crippen molar-refractivity contribution in [1.82, 2.24) is 29.1 Å². The SMILES string of the molecule is O=C1CCN(c2ccc3c(ccn3C3CCN(CCC4CCC(n5cc6cc(C(=O)Nc7cccn(C8CC8)c7=O)c(OC7CC7)cc6n5)CC4)CC3)c2)C(=O)N1. The molecule has 13 nitrogen and oxygen atoms in total. The number of fused-ring (bicyclic) bond motifs is 2. The molecule has 3 aromatic heterocycles. The second-order valence-electron chi connectivity index (χ2n) is 16.9. The van der Waals surface area contributed by atoms with E-state index in [1.54, 1.807) is 21.7 Å². The Morgan fingerprint density at radius 3 is 2.37 bits per heavy atom. The topological polar surface area (TPSA) is 136 Å². The van der Waals surface area contributed by atoms with Crippen LogP contribution in [0.3, 0.4) is 0 Å². The predicted octanol–water partition coefficient (Wildman–Crippen LogP) is 7.19. The summed E-state index contributed by atoms with van der Waals surface area (Å²) in [6.07, 6.45) is 18.4. The summed E-state index contributed by atoms with van der Waals surface area (Å²) in [7, 11) is 0. The van der Waals surface area contributed by atoms with Crippen LogP contribution in [0, 0.1) is 5.92 Å². The van der Waals surface area contributed by atoms with E-state index in [0.29, 0.717) is 42.3 Å². The molecular weight excluding hydrogens is 721 g/mol. The zero-order chi connectivity index (χ0) is 38.6. The Morgan fingerprint density at radius 2 is 1.60 bits per heavy atom. The van der Waals surface area contributed by atoms with E-state index >= 15 is 0 Å². The molecule has 3 saturated carbocycles. The Balaban J connectivity index is 0.728. The summed E-state index contributed by atoms with van der Waals surface area (Å²) in [6.45, 7) is 3.73. The van der Waals surface area contributed by atoms with Crippen molar-refractivity contribution in [2.24, 2.45) is 5.92 Å². The predicted molar refractivity (Wildman–Crippen MR) is 218 cm³/mol. The van der Waals surface area contributed by atoms with Gasteiger partial charge in [-0.15, -0.1) is 0 Å². The molecule has 5 aliphatic rings. The summed E-state index contributed by atoms with van der Waals surface area (Å²) in [5.41, 5.74) is 3.39. The van der Waals surface area contributed by atoms with Crippen molar-refractivity contribution in [2.75, 3.05) is 36.4 Å². The minimum Gasteiger partial charge on any atom is -0.490 e. The number of aromatic nitrogens is 4. The monoisotopic (exact) mass is 770 g/mol. The maximum atomic E-state index is 13.6. The van der Waals surface area contributed by atoms with E-state index in [0.717, 1.165) is 93.0 Å². The largest absolute Gasteiger partial charge is 0.490 e. The highest BCUT2D eigenvalue weighted by Crippen LogP contribution is 2.38. The van der Waals surface area contributed by atoms with Crippen molar-refractivity contribution in [2.45, 2.75) is 101 Å². The molecule has 0 bridgehead atoms. The van der Waals surface area contributed by atoms with Crippen molar-refractivity contribution >= 4 is 51.0 Å². The number of nitrogens with zero attached hydrogens (tertiary/aromatic N) is 6. The first kappa shape index (κ1) is 35.9. The van der Waals surface area contributed by atoms with Crippen LogP contribution in [0.25, 0.3) is 21.8 Å². The number of amides is 4. The molecule has 5 fully saturated rings. The average Bonchev–Trinajstić information content (AvgIpc) is 4.15. The van der Waals surface area contributed by atoms with E-state index < -0.39 is 0 Å². The third-order valence-electron chi connectivity index (χ3n) is 12.9. The summed E-state index contributed by atoms with van der Waals surface area (Å²) in [4.78, 5) is 55.0. The van der Waals surface area contributed by atoms with Crippen LogP contribution in [0.1, 0.15) is 106 Å². The molecule has 5 heterocycles. The molecule has 0 atom stereocenters. The first-order valence-electron chi connectivity index (χ1n) is 21.0. The van der Waals surface area contributed by atoms with E-state index in [-0.39, 0.29) is 41.2 Å². The molecule has 10 rings (SSSR count). The molecule has 0 spiro atoms. The lowest BCUT2D eigenvalue weighted by molar-refractivity contribution is -0.120. The van der Waals surface area contributed by atoms with Crippen LogP contribution in [0.2, 0.25) is 0 Å². The molecule has 2 aromatic carbocycles. The fourth-order valence-corrected chi connectivity index (χ4v) is 9.27. The van der Waals surface area contributed by atoms with Gasteiger partial charge in [0.15, 0.2) is 0 Å². The van der Waals surface area contributed by atoms with Crippen molar-refractivity contribution in [1.29, 1.82) is 0 Å². The Morgan fingerprint density at radius 1 is 0.807 bits per heavy atom. The summed E-state index contributed by atoms with van der Waals surface area (Å²) in [5, 5.41) is 12.3. The van der Waals surface area contributed by atoms with Gasteiger partial charge in [0.25, 0.3) is 11.5 Å². The van der Waals surface area contributed by atoms with Crippen molar-refractivity contribution < 1.29 is 19.1 Å². The molecular formula is C44H50N8O5. The number of rotatable bonds is 11. The van der Waals surface area contributed by atoms with Gasteiger partial charge in [0.2, 0.25) is 5.91 Å². The van der Waals surface area contributed by atoms with E-state index in [2.05, 4.69) is 55.4 Å². The molecule has 3 aliphatic carbocycles. The lowest BCUT2D eigenvalue weighted by Gasteiger charge is -2.35. The maximum absolute atomic E-state index is 13.6. The summed E-state index contributed by atoms with van der Waals surface area (Å²) in [6, 6.07) is 16.2. The zero-order valence-electron chi connectivity index (χ0n) is 32.3. The van der Waals surface area contributed by atoms with Gasteiger partial charge in [-0.05, 0) is 126 Å². The molecule has 4 amide bonds. The first-order chi connectivity index (χ1) is 27.8. The molecule has 296 valence electrons. The normalized spacial score (nSPS) is 22.3. The van der Waals surface area contributed by atoms with Crippen molar-refractivity contribution in [3.63, 3.8) is 0 Å². The molecule has 2 aliphatic heterocycles. The fraction of sp³-hybridized carbons (Fsp3) is 0.477. The minimum absolute atomic E-state index is 0.115. The maximum Gasteiger partial charge on any atom is 0.328 e. The third kappa shape index (κ3) is 7.45. The molecule has 5 aromatic rings.